The molecule has 0 heterocycles. The number of Topliss-reactive ketones (excluding diaryl/α,β-unsaturated/α-hetero) is 1. The minimum atomic E-state index is -4.55. The number of aliphatic hydroxyl groups excluding tert-OH is 2. The summed E-state index contributed by atoms with van der Waals surface area (Å²) >= 11 is 0. The summed E-state index contributed by atoms with van der Waals surface area (Å²) in [5.74, 6) is -1.83. The van der Waals surface area contributed by atoms with Crippen LogP contribution in [-0.4, -0.2) is 118 Å². The molecule has 0 atom stereocenters. The quantitative estimate of drug-likeness (QED) is 0.0239. The molecule has 0 saturated carbocycles. The molecule has 428 valence electrons. The molecule has 9 N–H and O–H groups in total. The topological polar surface area (TPSA) is 308 Å². The third kappa shape index (κ3) is 15.6. The van der Waals surface area contributed by atoms with Crippen LogP contribution in [-0.2, 0) is 25.0 Å². The first-order valence-electron chi connectivity index (χ1n) is 24.8. The van der Waals surface area contributed by atoms with E-state index in [0.29, 0.717) is 41.0 Å². The molecule has 0 spiro atoms. The molecule has 7 aromatic rings. The van der Waals surface area contributed by atoms with Crippen LogP contribution in [0.3, 0.4) is 0 Å². The number of benzene rings is 7. The van der Waals surface area contributed by atoms with Crippen LogP contribution in [0.5, 0.6) is 17.2 Å². The van der Waals surface area contributed by atoms with Crippen LogP contribution in [0.15, 0.2) is 160 Å². The molecule has 7 aromatic carbocycles. The molecule has 0 aliphatic heterocycles. The van der Waals surface area contributed by atoms with Crippen LogP contribution in [0.25, 0.3) is 10.8 Å². The Hall–Kier alpha value is -8.64. The lowest BCUT2D eigenvalue weighted by Crippen LogP contribution is -2.27. The van der Waals surface area contributed by atoms with Gasteiger partial charge in [-0.1, -0.05) is 62.0 Å². The number of nitrogen functional groups attached to an aromatic ring is 1. The first-order valence-corrected chi connectivity index (χ1v) is 27.7. The van der Waals surface area contributed by atoms with E-state index in [4.69, 9.17) is 29.9 Å². The van der Waals surface area contributed by atoms with E-state index < -0.39 is 47.6 Å². The number of nitrogens with two attached hydrogens (primary N) is 1. The fourth-order valence-electron chi connectivity index (χ4n) is 8.43. The van der Waals surface area contributed by atoms with E-state index in [-0.39, 0.29) is 60.4 Å². The summed E-state index contributed by atoms with van der Waals surface area (Å²) in [6.45, 7) is 11.0. The molecule has 0 fully saturated rings. The average molecular weight is 1150 g/mol. The summed E-state index contributed by atoms with van der Waals surface area (Å²) in [5.41, 5.74) is 12.3. The number of hydrogen-bond acceptors (Lipinski definition) is 16. The number of carbonyl (C=O) groups is 3. The van der Waals surface area contributed by atoms with Crippen molar-refractivity contribution in [3.05, 3.63) is 173 Å². The van der Waals surface area contributed by atoms with Gasteiger partial charge in [-0.25, -0.2) is 4.99 Å². The molecule has 20 nitrogen and oxygen atoms in total. The van der Waals surface area contributed by atoms with Gasteiger partial charge < -0.3 is 51.0 Å². The normalized spacial score (nSPS) is 12.3. The van der Waals surface area contributed by atoms with Crippen LogP contribution in [0.4, 0.5) is 34.1 Å². The Bertz CT molecular complexity index is 3740. The SMILES string of the molecule is C.CCN(CCO)c1ccc(N)c(C)c1.CCN(CCO)c1ccc(N=C2C=C(C(=O)Nc3cc(S(=O)(=O)O)ccc3OC)C(=O)c3ccccc32)c(C)c1.COc1ccc(S(=O)(=O)O)cc1NC(=O)c1ccc2ccccc2c1O. The van der Waals surface area contributed by atoms with E-state index in [1.807, 2.05) is 62.1 Å². The van der Waals surface area contributed by atoms with Gasteiger partial charge in [0, 0.05) is 59.8 Å². The number of aromatic hydroxyl groups is 1. The van der Waals surface area contributed by atoms with Gasteiger partial charge in [-0.15, -0.1) is 0 Å². The third-order valence-corrected chi connectivity index (χ3v) is 14.4. The summed E-state index contributed by atoms with van der Waals surface area (Å²) in [4.78, 5) is 47.4. The number of phenols is 1. The molecule has 0 radical (unpaired) electrons. The molecule has 0 bridgehead atoms. The van der Waals surface area contributed by atoms with Crippen molar-refractivity contribution in [2.75, 3.05) is 79.8 Å². The van der Waals surface area contributed by atoms with Crippen molar-refractivity contribution in [3.63, 3.8) is 0 Å². The molecular formula is C59H66N6O14S2. The number of anilines is 5. The van der Waals surface area contributed by atoms with Crippen LogP contribution in [0, 0.1) is 13.8 Å². The van der Waals surface area contributed by atoms with Crippen molar-refractivity contribution in [1.29, 1.82) is 0 Å². The number of phenolic OH excluding ortho intramolecular Hbond substituents is 1. The number of likely N-dealkylation sites (N-methyl/N-ethyl adjacent to an activating group) is 2. The van der Waals surface area contributed by atoms with Gasteiger partial charge in [-0.2, -0.15) is 16.8 Å². The highest BCUT2D eigenvalue weighted by atomic mass is 32.2. The monoisotopic (exact) mass is 1150 g/mol. The Morgan fingerprint density at radius 1 is 0.642 bits per heavy atom. The standard InChI is InChI=1S/C29H29N3O7S.C18H15NO6S.C11H18N2O.CH4/c1-4-32(13-14-33)19-9-11-24(18(2)15-19)30-25-17-23(28(34)22-8-6-5-7-21(22)25)29(35)31-26-16-20(40(36,37)38)10-12-27(26)39-3;1-25-16-9-7-12(26(22,23)24)10-15(16)19-18(21)14-8-6-11-4-2-3-5-13(11)17(14)20;1-3-13(6-7-14)10-4-5-11(12)9(2)8-10;/h5-12,15-17,33H,4,13-14H2,1-3H3,(H,31,35)(H,36,37,38);2-10,20H,1H3,(H,19,21)(H,22,23,24);4-5,8,14H,3,6-7,12H2,1-2H3;1H4. The Balaban J connectivity index is 0.000000250. The maximum atomic E-state index is 13.3. The van der Waals surface area contributed by atoms with E-state index in [0.717, 1.165) is 70.9 Å². The van der Waals surface area contributed by atoms with Crippen molar-refractivity contribution in [3.8, 4) is 17.2 Å². The third-order valence-electron chi connectivity index (χ3n) is 12.7. The number of allylic oxidation sites excluding steroid dienone is 1. The number of ether oxygens (including phenoxy) is 2. The van der Waals surface area contributed by atoms with E-state index in [1.165, 1.54) is 38.5 Å². The smallest absolute Gasteiger partial charge is 0.294 e. The minimum absolute atomic E-state index is 0. The number of rotatable bonds is 17. The predicted molar refractivity (Wildman–Crippen MR) is 316 cm³/mol. The highest BCUT2D eigenvalue weighted by molar-refractivity contribution is 7.86. The Morgan fingerprint density at radius 2 is 1.15 bits per heavy atom. The summed E-state index contributed by atoms with van der Waals surface area (Å²) in [7, 11) is -6.30. The molecule has 0 aromatic heterocycles. The van der Waals surface area contributed by atoms with Gasteiger partial charge in [-0.3, -0.25) is 23.5 Å². The highest BCUT2D eigenvalue weighted by Crippen LogP contribution is 2.34. The van der Waals surface area contributed by atoms with Crippen molar-refractivity contribution in [2.45, 2.75) is 44.9 Å². The molecule has 1 aliphatic carbocycles. The number of methoxy groups -OCH3 is 2. The minimum Gasteiger partial charge on any atom is -0.506 e. The maximum Gasteiger partial charge on any atom is 0.294 e. The van der Waals surface area contributed by atoms with Gasteiger partial charge >= 0.3 is 0 Å². The Labute approximate surface area is 471 Å². The summed E-state index contributed by atoms with van der Waals surface area (Å²) in [6.07, 6.45) is 1.40. The van der Waals surface area contributed by atoms with Gasteiger partial charge in [0.25, 0.3) is 32.1 Å². The molecule has 0 unspecified atom stereocenters. The number of nitrogens with zero attached hydrogens (tertiary/aromatic N) is 3. The summed E-state index contributed by atoms with van der Waals surface area (Å²) in [5, 5.41) is 34.9. The number of hydrogen-bond donors (Lipinski definition) is 8. The number of nitrogens with one attached hydrogen (secondary N) is 2. The highest BCUT2D eigenvalue weighted by Gasteiger charge is 2.30. The first-order chi connectivity index (χ1) is 38.1. The van der Waals surface area contributed by atoms with Crippen LogP contribution < -0.4 is 35.6 Å². The fourth-order valence-corrected chi connectivity index (χ4v) is 9.44. The zero-order chi connectivity index (χ0) is 58.5. The summed E-state index contributed by atoms with van der Waals surface area (Å²) < 4.78 is 74.7. The number of fused-ring (bicyclic) bond motifs is 2. The summed E-state index contributed by atoms with van der Waals surface area (Å²) in [6, 6.07) is 35.6. The van der Waals surface area contributed by atoms with E-state index in [9.17, 15) is 46.0 Å². The van der Waals surface area contributed by atoms with Crippen molar-refractivity contribution in [2.24, 2.45) is 4.99 Å². The molecule has 81 heavy (non-hydrogen) atoms. The van der Waals surface area contributed by atoms with Gasteiger partial charge in [0.1, 0.15) is 17.2 Å². The van der Waals surface area contributed by atoms with Crippen LogP contribution in [0.2, 0.25) is 0 Å². The van der Waals surface area contributed by atoms with Crippen LogP contribution >= 0.6 is 0 Å². The number of carbonyl (C=O) groups excluding carboxylic acids is 3. The van der Waals surface area contributed by atoms with Gasteiger partial charge in [0.05, 0.1) is 71.1 Å². The zero-order valence-electron chi connectivity index (χ0n) is 44.7. The second-order valence-electron chi connectivity index (χ2n) is 17.8. The number of ketones is 1. The predicted octanol–water partition coefficient (Wildman–Crippen LogP) is 9.04. The lowest BCUT2D eigenvalue weighted by molar-refractivity contribution is -0.112. The molecular weight excluding hydrogens is 1080 g/mol. The van der Waals surface area contributed by atoms with E-state index in [1.54, 1.807) is 48.5 Å². The molecule has 8 rings (SSSR count). The van der Waals surface area contributed by atoms with Gasteiger partial charge in [0.15, 0.2) is 5.78 Å². The van der Waals surface area contributed by atoms with Gasteiger partial charge in [0.2, 0.25) is 0 Å². The zero-order valence-corrected chi connectivity index (χ0v) is 46.3. The van der Waals surface area contributed by atoms with Crippen molar-refractivity contribution in [1.82, 2.24) is 0 Å². The van der Waals surface area contributed by atoms with Crippen molar-refractivity contribution < 1.29 is 65.1 Å². The molecule has 2 amide bonds. The number of aryl methyl sites for hydroxylation is 2. The first kappa shape index (κ1) is 63.2. The fraction of sp³-hybridized carbons (Fsp3) is 0.220. The second kappa shape index (κ2) is 28.0. The molecule has 22 heteroatoms. The van der Waals surface area contributed by atoms with E-state index in [2.05, 4.69) is 28.5 Å². The second-order valence-corrected chi connectivity index (χ2v) is 20.7. The molecule has 1 aliphatic rings. The number of amides is 2. The Morgan fingerprint density at radius 3 is 1.65 bits per heavy atom. The molecule has 0 saturated heterocycles. The number of aliphatic hydroxyl groups is 2. The van der Waals surface area contributed by atoms with Crippen LogP contribution in [0.1, 0.15) is 58.7 Å². The lowest BCUT2D eigenvalue weighted by Gasteiger charge is -2.23. The van der Waals surface area contributed by atoms with Gasteiger partial charge in [-0.05, 0) is 129 Å². The van der Waals surface area contributed by atoms with E-state index >= 15 is 0 Å². The number of aliphatic imine (C=N–C) groups is 1. The lowest BCUT2D eigenvalue weighted by atomic mass is 9.88. The average Bonchev–Trinajstić information content (AvgIpc) is 3.44. The van der Waals surface area contributed by atoms with Crippen molar-refractivity contribution >= 4 is 88.4 Å². The maximum absolute atomic E-state index is 13.3. The Kier molecular flexibility index (Phi) is 21.8. The largest absolute Gasteiger partial charge is 0.506 e.